The van der Waals surface area contributed by atoms with Crippen LogP contribution in [0.2, 0.25) is 0 Å². The maximum atomic E-state index is 12.7. The van der Waals surface area contributed by atoms with Gasteiger partial charge in [-0.05, 0) is 36.4 Å². The highest BCUT2D eigenvalue weighted by molar-refractivity contribution is 7.92. The number of hydrogen-bond acceptors (Lipinski definition) is 5. The van der Waals surface area contributed by atoms with E-state index in [-0.39, 0.29) is 23.0 Å². The van der Waals surface area contributed by atoms with Crippen LogP contribution in [0, 0.1) is 0 Å². The fourth-order valence-corrected chi connectivity index (χ4v) is 3.23. The average Bonchev–Trinajstić information content (AvgIpc) is 2.65. The smallest absolute Gasteiger partial charge is 0.338 e. The molecule has 26 heavy (non-hydrogen) atoms. The van der Waals surface area contributed by atoms with Crippen molar-refractivity contribution in [3.8, 4) is 0 Å². The average molecular weight is 376 g/mol. The van der Waals surface area contributed by atoms with Gasteiger partial charge in [0.2, 0.25) is 0 Å². The lowest BCUT2D eigenvalue weighted by Gasteiger charge is -2.19. The number of benzene rings is 2. The quantitative estimate of drug-likeness (QED) is 0.717. The van der Waals surface area contributed by atoms with Crippen molar-refractivity contribution in [3.63, 3.8) is 0 Å². The minimum absolute atomic E-state index is 0.0461. The van der Waals surface area contributed by atoms with Gasteiger partial charge in [0.05, 0.1) is 16.1 Å². The molecule has 0 saturated heterocycles. The van der Waals surface area contributed by atoms with Gasteiger partial charge in [0, 0.05) is 21.1 Å². The van der Waals surface area contributed by atoms with Gasteiger partial charge in [0.1, 0.15) is 0 Å². The molecular formula is C18H20N2O5S. The molecule has 0 aliphatic carbocycles. The second-order valence-electron chi connectivity index (χ2n) is 5.70. The molecule has 0 atom stereocenters. The molecule has 1 amide bonds. The minimum Gasteiger partial charge on any atom is -0.452 e. The van der Waals surface area contributed by atoms with Crippen LogP contribution in [0.3, 0.4) is 0 Å². The molecule has 0 aromatic heterocycles. The van der Waals surface area contributed by atoms with Crippen molar-refractivity contribution in [2.75, 3.05) is 32.1 Å². The lowest BCUT2D eigenvalue weighted by molar-refractivity contribution is -0.131. The summed E-state index contributed by atoms with van der Waals surface area (Å²) in [6.07, 6.45) is 0. The van der Waals surface area contributed by atoms with Crippen molar-refractivity contribution in [2.24, 2.45) is 0 Å². The summed E-state index contributed by atoms with van der Waals surface area (Å²) in [5.41, 5.74) is 0.691. The highest BCUT2D eigenvalue weighted by atomic mass is 32.2. The Balaban J connectivity index is 2.13. The molecule has 7 nitrogen and oxygen atoms in total. The molecule has 8 heteroatoms. The van der Waals surface area contributed by atoms with Gasteiger partial charge in [-0.25, -0.2) is 13.2 Å². The van der Waals surface area contributed by atoms with Crippen LogP contribution in [-0.2, 0) is 19.6 Å². The Hall–Kier alpha value is -2.87. The van der Waals surface area contributed by atoms with Crippen LogP contribution < -0.4 is 4.31 Å². The molecule has 0 unspecified atom stereocenters. The number of amides is 1. The maximum absolute atomic E-state index is 12.7. The van der Waals surface area contributed by atoms with Gasteiger partial charge < -0.3 is 9.64 Å². The van der Waals surface area contributed by atoms with E-state index in [2.05, 4.69) is 0 Å². The van der Waals surface area contributed by atoms with Gasteiger partial charge in [0.15, 0.2) is 6.61 Å². The summed E-state index contributed by atoms with van der Waals surface area (Å²) in [7, 11) is 0.816. The summed E-state index contributed by atoms with van der Waals surface area (Å²) < 4.78 is 31.4. The molecule has 0 aliphatic heterocycles. The van der Waals surface area contributed by atoms with Crippen LogP contribution in [-0.4, -0.2) is 52.9 Å². The fourth-order valence-electron chi connectivity index (χ4n) is 2.04. The van der Waals surface area contributed by atoms with Crippen LogP contribution in [0.5, 0.6) is 0 Å². The molecule has 0 heterocycles. The number of anilines is 1. The van der Waals surface area contributed by atoms with Crippen LogP contribution in [0.4, 0.5) is 5.69 Å². The Morgan fingerprint density at radius 2 is 1.50 bits per heavy atom. The number of carbonyl (C=O) groups excluding carboxylic acids is 2. The molecule has 2 aromatic carbocycles. The predicted molar refractivity (Wildman–Crippen MR) is 97.4 cm³/mol. The molecule has 0 spiro atoms. The van der Waals surface area contributed by atoms with Gasteiger partial charge in [-0.3, -0.25) is 9.10 Å². The Kier molecular flexibility index (Phi) is 5.99. The normalized spacial score (nSPS) is 10.9. The largest absolute Gasteiger partial charge is 0.452 e. The standard InChI is InChI=1S/C18H20N2O5S/c1-19(2)17(21)13-25-18(22)14-9-11-16(12-10-14)26(23,24)20(3)15-7-5-4-6-8-15/h4-12H,13H2,1-3H3. The van der Waals surface area contributed by atoms with Crippen molar-refractivity contribution in [1.29, 1.82) is 0 Å². The Morgan fingerprint density at radius 1 is 0.923 bits per heavy atom. The lowest BCUT2D eigenvalue weighted by Crippen LogP contribution is -2.27. The van der Waals surface area contributed by atoms with E-state index in [4.69, 9.17) is 4.74 Å². The van der Waals surface area contributed by atoms with Crippen molar-refractivity contribution in [1.82, 2.24) is 4.90 Å². The first-order valence-corrected chi connectivity index (χ1v) is 9.19. The van der Waals surface area contributed by atoms with E-state index in [0.717, 1.165) is 4.31 Å². The number of hydrogen-bond donors (Lipinski definition) is 0. The Morgan fingerprint density at radius 3 is 2.04 bits per heavy atom. The summed E-state index contributed by atoms with van der Waals surface area (Å²) in [6.45, 7) is -0.372. The third kappa shape index (κ3) is 4.40. The first-order chi connectivity index (χ1) is 12.2. The van der Waals surface area contributed by atoms with Gasteiger partial charge in [-0.1, -0.05) is 18.2 Å². The van der Waals surface area contributed by atoms with Crippen LogP contribution in [0.15, 0.2) is 59.5 Å². The molecule has 0 aliphatic rings. The molecule has 2 rings (SSSR count). The number of likely N-dealkylation sites (N-methyl/N-ethyl adjacent to an activating group) is 1. The number of rotatable bonds is 6. The number of esters is 1. The zero-order chi connectivity index (χ0) is 19.3. The Bertz CT molecular complexity index is 878. The molecule has 0 fully saturated rings. The predicted octanol–water partition coefficient (Wildman–Crippen LogP) is 1.76. The Labute approximate surface area is 152 Å². The summed E-state index contributed by atoms with van der Waals surface area (Å²) >= 11 is 0. The molecule has 2 aromatic rings. The van der Waals surface area contributed by atoms with E-state index >= 15 is 0 Å². The zero-order valence-electron chi connectivity index (χ0n) is 14.7. The highest BCUT2D eigenvalue weighted by Crippen LogP contribution is 2.22. The summed E-state index contributed by atoms with van der Waals surface area (Å²) in [4.78, 5) is 24.7. The van der Waals surface area contributed by atoms with E-state index < -0.39 is 16.0 Å². The van der Waals surface area contributed by atoms with Crippen molar-refractivity contribution in [2.45, 2.75) is 4.90 Å². The monoisotopic (exact) mass is 376 g/mol. The van der Waals surface area contributed by atoms with Gasteiger partial charge >= 0.3 is 5.97 Å². The number of carbonyl (C=O) groups is 2. The maximum Gasteiger partial charge on any atom is 0.338 e. The first kappa shape index (κ1) is 19.5. The van der Waals surface area contributed by atoms with Crippen LogP contribution >= 0.6 is 0 Å². The van der Waals surface area contributed by atoms with Gasteiger partial charge in [0.25, 0.3) is 15.9 Å². The van der Waals surface area contributed by atoms with Crippen molar-refractivity contribution < 1.29 is 22.7 Å². The van der Waals surface area contributed by atoms with Crippen LogP contribution in [0.1, 0.15) is 10.4 Å². The minimum atomic E-state index is -3.75. The third-order valence-electron chi connectivity index (χ3n) is 3.69. The van der Waals surface area contributed by atoms with E-state index in [9.17, 15) is 18.0 Å². The summed E-state index contributed by atoms with van der Waals surface area (Å²) in [5.74, 6) is -1.04. The fraction of sp³-hybridized carbons (Fsp3) is 0.222. The molecule has 0 N–H and O–H groups in total. The van der Waals surface area contributed by atoms with Crippen molar-refractivity contribution in [3.05, 3.63) is 60.2 Å². The van der Waals surface area contributed by atoms with Gasteiger partial charge in [-0.2, -0.15) is 0 Å². The van der Waals surface area contributed by atoms with E-state index in [1.165, 1.54) is 36.2 Å². The molecule has 0 bridgehead atoms. The highest BCUT2D eigenvalue weighted by Gasteiger charge is 2.21. The number of sulfonamides is 1. The first-order valence-electron chi connectivity index (χ1n) is 7.75. The van der Waals surface area contributed by atoms with Crippen molar-refractivity contribution >= 4 is 27.6 Å². The number of ether oxygens (including phenoxy) is 1. The molecule has 0 radical (unpaired) electrons. The topological polar surface area (TPSA) is 84.0 Å². The summed E-state index contributed by atoms with van der Waals surface area (Å²) in [6, 6.07) is 14.0. The SMILES string of the molecule is CN(C)C(=O)COC(=O)c1ccc(S(=O)(=O)N(C)c2ccccc2)cc1. The second-order valence-corrected chi connectivity index (χ2v) is 7.67. The zero-order valence-corrected chi connectivity index (χ0v) is 15.6. The van der Waals surface area contributed by atoms with E-state index in [1.54, 1.807) is 44.4 Å². The molecule has 138 valence electrons. The van der Waals surface area contributed by atoms with E-state index in [0.29, 0.717) is 5.69 Å². The third-order valence-corrected chi connectivity index (χ3v) is 5.49. The van der Waals surface area contributed by atoms with Crippen LogP contribution in [0.25, 0.3) is 0 Å². The second kappa shape index (κ2) is 8.01. The lowest BCUT2D eigenvalue weighted by atomic mass is 10.2. The summed E-state index contributed by atoms with van der Waals surface area (Å²) in [5, 5.41) is 0. The number of para-hydroxylation sites is 1. The molecular weight excluding hydrogens is 356 g/mol. The number of nitrogens with zero attached hydrogens (tertiary/aromatic N) is 2. The van der Waals surface area contributed by atoms with E-state index in [1.807, 2.05) is 0 Å². The molecule has 0 saturated carbocycles. The van der Waals surface area contributed by atoms with Gasteiger partial charge in [-0.15, -0.1) is 0 Å².